The number of hydrogen-bond acceptors (Lipinski definition) is 7. The van der Waals surface area contributed by atoms with Crippen molar-refractivity contribution in [2.75, 3.05) is 0 Å². The fourth-order valence-electron chi connectivity index (χ4n) is 9.43. The molecule has 0 aliphatic heterocycles. The van der Waals surface area contributed by atoms with Crippen molar-refractivity contribution in [1.29, 1.82) is 0 Å². The van der Waals surface area contributed by atoms with E-state index in [9.17, 15) is 15.3 Å². The van der Waals surface area contributed by atoms with E-state index in [1.165, 1.54) is 18.2 Å². The molecule has 374 valence electrons. The summed E-state index contributed by atoms with van der Waals surface area (Å²) in [4.78, 5) is 0. The summed E-state index contributed by atoms with van der Waals surface area (Å²) in [7, 11) is -5.56. The highest BCUT2D eigenvalue weighted by Gasteiger charge is 2.39. The topological polar surface area (TPSA) is 105 Å². The van der Waals surface area contributed by atoms with Crippen LogP contribution in [-0.4, -0.2) is 15.3 Å². The Morgan fingerprint density at radius 2 is 0.514 bits per heavy atom. The minimum Gasteiger partial charge on any atom is -0.392 e. The van der Waals surface area contributed by atoms with E-state index in [1.807, 2.05) is 109 Å². The minimum absolute atomic E-state index is 0.0144. The second-order valence-corrected chi connectivity index (χ2v) is 19.5. The molecule has 0 unspecified atom stereocenters. The first-order chi connectivity index (χ1) is 36.1. The Kier molecular flexibility index (Phi) is 16.5. The van der Waals surface area contributed by atoms with Crippen LogP contribution in [0.5, 0.6) is 17.2 Å². The van der Waals surface area contributed by atoms with Crippen LogP contribution in [0.3, 0.4) is 0 Å². The molecule has 0 atom stereocenters. The number of phosphoric ester groups is 1. The van der Waals surface area contributed by atoms with Crippen LogP contribution in [0.25, 0.3) is 0 Å². The van der Waals surface area contributed by atoms with Crippen LogP contribution in [0.4, 0.5) is 13.2 Å². The molecule has 11 heteroatoms. The number of aliphatic hydroxyl groups excluding tert-OH is 3. The average molecular weight is 1010 g/mol. The Balaban J connectivity index is 1.26. The van der Waals surface area contributed by atoms with Crippen LogP contribution in [0.15, 0.2) is 200 Å². The van der Waals surface area contributed by atoms with Gasteiger partial charge in [-0.25, -0.2) is 13.2 Å². The molecule has 7 nitrogen and oxygen atoms in total. The third-order valence-corrected chi connectivity index (χ3v) is 14.4. The number of benzene rings is 9. The van der Waals surface area contributed by atoms with Crippen LogP contribution < -0.4 is 13.6 Å². The highest BCUT2D eigenvalue weighted by atomic mass is 31.2. The normalized spacial score (nSPS) is 11.4. The van der Waals surface area contributed by atoms with Crippen molar-refractivity contribution in [3.63, 3.8) is 0 Å². The number of aliphatic hydroxyl groups is 3. The van der Waals surface area contributed by atoms with Gasteiger partial charge in [-0.3, -0.25) is 0 Å². The van der Waals surface area contributed by atoms with Gasteiger partial charge in [-0.15, -0.1) is 0 Å². The summed E-state index contributed by atoms with van der Waals surface area (Å²) in [5.41, 5.74) is 6.77. The van der Waals surface area contributed by atoms with Gasteiger partial charge in [-0.1, -0.05) is 182 Å². The predicted molar refractivity (Wildman–Crippen MR) is 282 cm³/mol. The summed E-state index contributed by atoms with van der Waals surface area (Å²) in [5, 5.41) is 32.8. The molecular weight excluding hydrogens is 957 g/mol. The van der Waals surface area contributed by atoms with Gasteiger partial charge in [0.15, 0.2) is 34.7 Å². The number of rotatable bonds is 21. The van der Waals surface area contributed by atoms with Crippen molar-refractivity contribution in [3.8, 4) is 17.2 Å². The van der Waals surface area contributed by atoms with Gasteiger partial charge in [0.2, 0.25) is 0 Å². The first-order valence-electron chi connectivity index (χ1n) is 24.4. The van der Waals surface area contributed by atoms with E-state index in [4.69, 9.17) is 13.6 Å². The summed E-state index contributed by atoms with van der Waals surface area (Å²) >= 11 is 0. The van der Waals surface area contributed by atoms with Crippen LogP contribution in [-0.2, 0) is 62.9 Å². The van der Waals surface area contributed by atoms with Gasteiger partial charge in [0, 0.05) is 36.0 Å². The van der Waals surface area contributed by atoms with Crippen LogP contribution in [0, 0.1) is 17.5 Å². The van der Waals surface area contributed by atoms with Gasteiger partial charge in [0.05, 0.1) is 19.8 Å². The standard InChI is InChI=1S/C63H54F3O7P/c64-61-52(34-46-25-13-4-14-26-46)55(40-67)49(31-43-19-7-1-8-20-43)37-58(61)71-74(70,72-59-38-50(32-44-21-9-2-10-22-44)56(41-68)53(62(59)65)35-47-27-15-5-16-28-47)73-60-39-51(33-45-23-11-3-12-24-45)57(42-69)54(63(60)66)36-48-29-17-6-18-30-48/h1-30,37-39,67-69H,31-36,40-42H2. The van der Waals surface area contributed by atoms with E-state index in [0.29, 0.717) is 33.4 Å². The van der Waals surface area contributed by atoms with Crippen molar-refractivity contribution >= 4 is 7.82 Å². The van der Waals surface area contributed by atoms with Gasteiger partial charge >= 0.3 is 7.82 Å². The Morgan fingerprint density at radius 3 is 0.716 bits per heavy atom. The zero-order valence-electron chi connectivity index (χ0n) is 40.5. The maximum atomic E-state index is 17.6. The fraction of sp³-hybridized carbons (Fsp3) is 0.143. The van der Waals surface area contributed by atoms with Crippen molar-refractivity contribution in [2.45, 2.75) is 58.3 Å². The molecule has 9 aromatic carbocycles. The molecule has 0 saturated carbocycles. The van der Waals surface area contributed by atoms with Gasteiger partial charge in [-0.05, 0) is 104 Å². The minimum atomic E-state index is -5.56. The van der Waals surface area contributed by atoms with Gasteiger partial charge in [0.25, 0.3) is 0 Å². The Labute approximate surface area is 429 Å². The van der Waals surface area contributed by atoms with Crippen LogP contribution in [0.1, 0.15) is 83.5 Å². The molecule has 9 rings (SSSR count). The maximum Gasteiger partial charge on any atom is 0.647 e. The lowest BCUT2D eigenvalue weighted by atomic mass is 9.92. The highest BCUT2D eigenvalue weighted by molar-refractivity contribution is 7.49. The lowest BCUT2D eigenvalue weighted by Crippen LogP contribution is -2.15. The molecule has 0 spiro atoms. The molecule has 0 aliphatic carbocycles. The quantitative estimate of drug-likeness (QED) is 0.0616. The van der Waals surface area contributed by atoms with Crippen molar-refractivity contribution < 1.29 is 46.6 Å². The van der Waals surface area contributed by atoms with Gasteiger partial charge in [-0.2, -0.15) is 4.57 Å². The van der Waals surface area contributed by atoms with Crippen molar-refractivity contribution in [2.24, 2.45) is 0 Å². The van der Waals surface area contributed by atoms with E-state index in [1.54, 1.807) is 72.8 Å². The molecule has 0 fully saturated rings. The van der Waals surface area contributed by atoms with Crippen LogP contribution >= 0.6 is 7.82 Å². The zero-order valence-corrected chi connectivity index (χ0v) is 41.4. The Bertz CT molecular complexity index is 3010. The molecular formula is C63H54F3O7P. The summed E-state index contributed by atoms with van der Waals surface area (Å²) in [5.74, 6) is -4.86. The Morgan fingerprint density at radius 1 is 0.311 bits per heavy atom. The Hall–Kier alpha value is -7.72. The molecule has 9 aromatic rings. The molecule has 0 amide bonds. The summed E-state index contributed by atoms with van der Waals surface area (Å²) in [6.07, 6.45) is 0.519. The van der Waals surface area contributed by atoms with Gasteiger partial charge in [0.1, 0.15) is 0 Å². The first-order valence-corrected chi connectivity index (χ1v) is 25.8. The third kappa shape index (κ3) is 12.2. The number of hydrogen-bond donors (Lipinski definition) is 3. The van der Waals surface area contributed by atoms with Gasteiger partial charge < -0.3 is 28.9 Å². The summed E-state index contributed by atoms with van der Waals surface area (Å²) in [6, 6.07) is 58.9. The molecule has 0 bridgehead atoms. The van der Waals surface area contributed by atoms with E-state index >= 15 is 17.7 Å². The molecule has 0 aliphatic rings. The molecule has 74 heavy (non-hydrogen) atoms. The summed E-state index contributed by atoms with van der Waals surface area (Å²) in [6.45, 7) is -1.67. The lowest BCUT2D eigenvalue weighted by molar-refractivity contribution is 0.272. The molecule has 0 saturated heterocycles. The SMILES string of the molecule is O=P(Oc1cc(Cc2ccccc2)c(CO)c(Cc2ccccc2)c1F)(Oc1cc(Cc2ccccc2)c(CO)c(Cc2ccccc2)c1F)Oc1cc(Cc2ccccc2)c(CO)c(Cc2ccccc2)c1F. The smallest absolute Gasteiger partial charge is 0.392 e. The highest BCUT2D eigenvalue weighted by Crippen LogP contribution is 2.53. The fourth-order valence-corrected chi connectivity index (χ4v) is 10.7. The second kappa shape index (κ2) is 23.9. The molecule has 0 radical (unpaired) electrons. The third-order valence-electron chi connectivity index (χ3n) is 13.1. The molecule has 3 N–H and O–H groups in total. The molecule has 0 heterocycles. The van der Waals surface area contributed by atoms with Crippen LogP contribution in [0.2, 0.25) is 0 Å². The van der Waals surface area contributed by atoms with E-state index in [0.717, 1.165) is 16.7 Å². The zero-order chi connectivity index (χ0) is 51.4. The number of phosphoric acid groups is 1. The molecule has 0 aromatic heterocycles. The van der Waals surface area contributed by atoms with E-state index in [-0.39, 0.29) is 71.9 Å². The maximum absolute atomic E-state index is 17.6. The van der Waals surface area contributed by atoms with Crippen molar-refractivity contribution in [1.82, 2.24) is 0 Å². The monoisotopic (exact) mass is 1010 g/mol. The second-order valence-electron chi connectivity index (χ2n) is 18.1. The van der Waals surface area contributed by atoms with E-state index < -0.39 is 62.3 Å². The largest absolute Gasteiger partial charge is 0.647 e. The summed E-state index contributed by atoms with van der Waals surface area (Å²) < 4.78 is 87.9. The van der Waals surface area contributed by atoms with E-state index in [2.05, 4.69) is 0 Å². The van der Waals surface area contributed by atoms with Crippen molar-refractivity contribution in [3.05, 3.63) is 301 Å². The first kappa shape index (κ1) is 51.2. The predicted octanol–water partition coefficient (Wildman–Crippen LogP) is 13.8. The average Bonchev–Trinajstić information content (AvgIpc) is 3.43. The lowest BCUT2D eigenvalue weighted by Gasteiger charge is -2.25. The number of halogens is 3.